The number of aromatic nitrogens is 2. The van der Waals surface area contributed by atoms with Crippen molar-refractivity contribution in [3.05, 3.63) is 47.7 Å². The first-order valence-electron chi connectivity index (χ1n) is 9.26. The zero-order valence-corrected chi connectivity index (χ0v) is 15.2. The molecular formula is C20H26N4O2. The Labute approximate surface area is 154 Å². The van der Waals surface area contributed by atoms with Crippen LogP contribution in [0, 0.1) is 0 Å². The standard InChI is InChI=1S/C20H26N4O2/c1-26-18-10-6-5-7-15(18)13-14-21-20(25)17-11-12-19(24-23-17)22-16-8-3-2-4-9-16/h5-7,10-12,16H,2-4,8-9,13-14H2,1H3,(H,21,25)(H,22,24). The van der Waals surface area contributed by atoms with Gasteiger partial charge in [0, 0.05) is 12.6 Å². The van der Waals surface area contributed by atoms with Crippen LogP contribution in [0.15, 0.2) is 36.4 Å². The third-order valence-electron chi connectivity index (χ3n) is 4.73. The van der Waals surface area contributed by atoms with E-state index in [0.717, 1.165) is 17.1 Å². The molecule has 138 valence electrons. The molecule has 2 aromatic rings. The summed E-state index contributed by atoms with van der Waals surface area (Å²) in [5, 5.41) is 14.5. The number of amides is 1. The first-order valence-corrected chi connectivity index (χ1v) is 9.26. The summed E-state index contributed by atoms with van der Waals surface area (Å²) in [6, 6.07) is 11.8. The first kappa shape index (κ1) is 18.2. The largest absolute Gasteiger partial charge is 0.496 e. The summed E-state index contributed by atoms with van der Waals surface area (Å²) in [6.45, 7) is 0.517. The van der Waals surface area contributed by atoms with Crippen molar-refractivity contribution in [1.82, 2.24) is 15.5 Å². The van der Waals surface area contributed by atoms with Gasteiger partial charge < -0.3 is 15.4 Å². The summed E-state index contributed by atoms with van der Waals surface area (Å²) in [7, 11) is 1.65. The van der Waals surface area contributed by atoms with Gasteiger partial charge in [0.1, 0.15) is 11.6 Å². The second kappa shape index (κ2) is 9.17. The normalized spacial score (nSPS) is 14.7. The fourth-order valence-electron chi connectivity index (χ4n) is 3.30. The van der Waals surface area contributed by atoms with Crippen LogP contribution in [0.4, 0.5) is 5.82 Å². The van der Waals surface area contributed by atoms with Gasteiger partial charge >= 0.3 is 0 Å². The Balaban J connectivity index is 1.48. The topological polar surface area (TPSA) is 76.1 Å². The van der Waals surface area contributed by atoms with Crippen molar-refractivity contribution >= 4 is 11.7 Å². The van der Waals surface area contributed by atoms with Crippen molar-refractivity contribution in [2.45, 2.75) is 44.6 Å². The third kappa shape index (κ3) is 4.94. The monoisotopic (exact) mass is 354 g/mol. The van der Waals surface area contributed by atoms with Crippen molar-refractivity contribution < 1.29 is 9.53 Å². The Morgan fingerprint density at radius 2 is 1.92 bits per heavy atom. The highest BCUT2D eigenvalue weighted by Crippen LogP contribution is 2.20. The Hall–Kier alpha value is -2.63. The number of carbonyl (C=O) groups excluding carboxylic acids is 1. The molecule has 0 unspecified atom stereocenters. The second-order valence-electron chi connectivity index (χ2n) is 6.60. The lowest BCUT2D eigenvalue weighted by Crippen LogP contribution is -2.27. The van der Waals surface area contributed by atoms with Crippen LogP contribution in [-0.2, 0) is 6.42 Å². The van der Waals surface area contributed by atoms with Crippen LogP contribution in [0.2, 0.25) is 0 Å². The third-order valence-corrected chi connectivity index (χ3v) is 4.73. The van der Waals surface area contributed by atoms with Gasteiger partial charge in [-0.05, 0) is 43.0 Å². The molecule has 1 fully saturated rings. The van der Waals surface area contributed by atoms with Gasteiger partial charge in [0.15, 0.2) is 5.69 Å². The summed E-state index contributed by atoms with van der Waals surface area (Å²) >= 11 is 0. The average Bonchev–Trinajstić information content (AvgIpc) is 2.69. The highest BCUT2D eigenvalue weighted by Gasteiger charge is 2.14. The maximum atomic E-state index is 12.2. The molecule has 1 aromatic heterocycles. The summed E-state index contributed by atoms with van der Waals surface area (Å²) in [6.07, 6.45) is 6.89. The molecule has 1 aliphatic carbocycles. The van der Waals surface area contributed by atoms with Gasteiger partial charge in [-0.15, -0.1) is 10.2 Å². The van der Waals surface area contributed by atoms with Crippen molar-refractivity contribution in [2.75, 3.05) is 19.0 Å². The molecule has 26 heavy (non-hydrogen) atoms. The molecule has 6 heteroatoms. The number of methoxy groups -OCH3 is 1. The predicted octanol–water partition coefficient (Wildman–Crippen LogP) is 3.20. The minimum absolute atomic E-state index is 0.211. The van der Waals surface area contributed by atoms with E-state index >= 15 is 0 Å². The lowest BCUT2D eigenvalue weighted by atomic mass is 9.95. The fraction of sp³-hybridized carbons (Fsp3) is 0.450. The van der Waals surface area contributed by atoms with Crippen LogP contribution in [0.1, 0.15) is 48.2 Å². The minimum atomic E-state index is -0.211. The van der Waals surface area contributed by atoms with E-state index in [9.17, 15) is 4.79 Å². The number of rotatable bonds is 7. The van der Waals surface area contributed by atoms with Gasteiger partial charge in [-0.2, -0.15) is 0 Å². The number of ether oxygens (including phenoxy) is 1. The predicted molar refractivity (Wildman–Crippen MR) is 102 cm³/mol. The quantitative estimate of drug-likeness (QED) is 0.798. The van der Waals surface area contributed by atoms with E-state index in [4.69, 9.17) is 4.74 Å². The summed E-state index contributed by atoms with van der Waals surface area (Å²) in [5.74, 6) is 1.36. The number of carbonyl (C=O) groups is 1. The number of nitrogens with zero attached hydrogens (tertiary/aromatic N) is 2. The molecule has 0 bridgehead atoms. The van der Waals surface area contributed by atoms with E-state index in [2.05, 4.69) is 20.8 Å². The highest BCUT2D eigenvalue weighted by atomic mass is 16.5. The molecule has 1 aromatic carbocycles. The molecule has 1 aliphatic rings. The van der Waals surface area contributed by atoms with Crippen LogP contribution < -0.4 is 15.4 Å². The van der Waals surface area contributed by atoms with Gasteiger partial charge in [-0.3, -0.25) is 4.79 Å². The van der Waals surface area contributed by atoms with Gasteiger partial charge in [0.05, 0.1) is 7.11 Å². The average molecular weight is 354 g/mol. The maximum Gasteiger partial charge on any atom is 0.271 e. The minimum Gasteiger partial charge on any atom is -0.496 e. The molecule has 2 N–H and O–H groups in total. The molecule has 3 rings (SSSR count). The number of benzene rings is 1. The van der Waals surface area contributed by atoms with Crippen LogP contribution in [0.5, 0.6) is 5.75 Å². The van der Waals surface area contributed by atoms with E-state index in [1.807, 2.05) is 30.3 Å². The Morgan fingerprint density at radius 3 is 2.65 bits per heavy atom. The molecule has 1 saturated carbocycles. The molecule has 6 nitrogen and oxygen atoms in total. The van der Waals surface area contributed by atoms with E-state index in [-0.39, 0.29) is 5.91 Å². The number of hydrogen-bond acceptors (Lipinski definition) is 5. The lowest BCUT2D eigenvalue weighted by Gasteiger charge is -2.22. The number of hydrogen-bond donors (Lipinski definition) is 2. The summed E-state index contributed by atoms with van der Waals surface area (Å²) in [5.41, 5.74) is 1.40. The molecule has 0 saturated heterocycles. The Kier molecular flexibility index (Phi) is 6.41. The molecule has 0 atom stereocenters. The van der Waals surface area contributed by atoms with Crippen LogP contribution in [0.25, 0.3) is 0 Å². The SMILES string of the molecule is COc1ccccc1CCNC(=O)c1ccc(NC2CCCCC2)nn1. The molecular weight excluding hydrogens is 328 g/mol. The van der Waals surface area contributed by atoms with E-state index in [1.54, 1.807) is 13.2 Å². The van der Waals surface area contributed by atoms with E-state index in [0.29, 0.717) is 24.7 Å². The van der Waals surface area contributed by atoms with Gasteiger partial charge in [0.2, 0.25) is 0 Å². The number of nitrogens with one attached hydrogen (secondary N) is 2. The van der Waals surface area contributed by atoms with E-state index in [1.165, 1.54) is 32.1 Å². The zero-order chi connectivity index (χ0) is 18.2. The summed E-state index contributed by atoms with van der Waals surface area (Å²) in [4.78, 5) is 12.2. The molecule has 1 amide bonds. The smallest absolute Gasteiger partial charge is 0.271 e. The van der Waals surface area contributed by atoms with Gasteiger partial charge in [0.25, 0.3) is 5.91 Å². The molecule has 0 aliphatic heterocycles. The summed E-state index contributed by atoms with van der Waals surface area (Å²) < 4.78 is 5.32. The Morgan fingerprint density at radius 1 is 1.12 bits per heavy atom. The van der Waals surface area contributed by atoms with Crippen molar-refractivity contribution in [2.24, 2.45) is 0 Å². The second-order valence-corrected chi connectivity index (χ2v) is 6.60. The zero-order valence-electron chi connectivity index (χ0n) is 15.2. The molecule has 1 heterocycles. The van der Waals surface area contributed by atoms with Crippen molar-refractivity contribution in [3.63, 3.8) is 0 Å². The van der Waals surface area contributed by atoms with Gasteiger partial charge in [-0.25, -0.2) is 0 Å². The van der Waals surface area contributed by atoms with Crippen LogP contribution in [0.3, 0.4) is 0 Å². The molecule has 0 spiro atoms. The maximum absolute atomic E-state index is 12.2. The highest BCUT2D eigenvalue weighted by molar-refractivity contribution is 5.92. The van der Waals surface area contributed by atoms with Gasteiger partial charge in [-0.1, -0.05) is 37.5 Å². The Bertz CT molecular complexity index is 712. The van der Waals surface area contributed by atoms with Crippen molar-refractivity contribution in [1.29, 1.82) is 0 Å². The first-order chi connectivity index (χ1) is 12.8. The lowest BCUT2D eigenvalue weighted by molar-refractivity contribution is 0.0948. The van der Waals surface area contributed by atoms with Crippen molar-refractivity contribution in [3.8, 4) is 5.75 Å². The van der Waals surface area contributed by atoms with Crippen LogP contribution >= 0.6 is 0 Å². The number of para-hydroxylation sites is 1. The fourth-order valence-corrected chi connectivity index (χ4v) is 3.30. The molecule has 0 radical (unpaired) electrons. The van der Waals surface area contributed by atoms with Crippen LogP contribution in [-0.4, -0.2) is 35.8 Å². The van der Waals surface area contributed by atoms with E-state index < -0.39 is 0 Å². The number of anilines is 1.